The van der Waals surface area contributed by atoms with E-state index in [-0.39, 0.29) is 0 Å². The van der Waals surface area contributed by atoms with Crippen LogP contribution in [0.25, 0.3) is 0 Å². The van der Waals surface area contributed by atoms with Crippen LogP contribution in [-0.2, 0) is 10.0 Å². The van der Waals surface area contributed by atoms with Gasteiger partial charge in [-0.2, -0.15) is 4.31 Å². The van der Waals surface area contributed by atoms with Gasteiger partial charge in [0.05, 0.1) is 4.90 Å². The largest absolute Gasteiger partial charge is 0.245 e. The number of pyridine rings is 1. The summed E-state index contributed by atoms with van der Waals surface area (Å²) in [5, 5.41) is 0. The van der Waals surface area contributed by atoms with Crippen LogP contribution in [0.5, 0.6) is 0 Å². The molecule has 1 aromatic carbocycles. The first-order chi connectivity index (χ1) is 12.9. The molecule has 1 aliphatic heterocycles. The van der Waals surface area contributed by atoms with Crippen LogP contribution in [0, 0.1) is 32.6 Å². The van der Waals surface area contributed by atoms with Crippen molar-refractivity contribution in [3.8, 4) is 11.8 Å². The molecule has 0 radical (unpaired) electrons. The molecule has 1 saturated heterocycles. The van der Waals surface area contributed by atoms with E-state index in [1.807, 2.05) is 51.1 Å². The third-order valence-corrected chi connectivity index (χ3v) is 6.74. The summed E-state index contributed by atoms with van der Waals surface area (Å²) in [5.74, 6) is 6.10. The molecule has 1 aliphatic rings. The van der Waals surface area contributed by atoms with Crippen molar-refractivity contribution in [3.63, 3.8) is 0 Å². The lowest BCUT2D eigenvalue weighted by Gasteiger charge is -2.27. The van der Waals surface area contributed by atoms with Crippen molar-refractivity contribution < 1.29 is 8.42 Å². The van der Waals surface area contributed by atoms with E-state index in [4.69, 9.17) is 0 Å². The lowest BCUT2D eigenvalue weighted by molar-refractivity contribution is 0.387. The third kappa shape index (κ3) is 4.65. The quantitative estimate of drug-likeness (QED) is 0.745. The van der Waals surface area contributed by atoms with Gasteiger partial charge in [-0.3, -0.25) is 0 Å². The maximum atomic E-state index is 12.9. The van der Waals surface area contributed by atoms with Crippen LogP contribution in [0.4, 0.5) is 0 Å². The van der Waals surface area contributed by atoms with E-state index in [2.05, 4.69) is 16.8 Å². The zero-order chi connectivity index (χ0) is 19.4. The van der Waals surface area contributed by atoms with Crippen molar-refractivity contribution in [2.75, 3.05) is 13.1 Å². The van der Waals surface area contributed by atoms with Gasteiger partial charge >= 0.3 is 0 Å². The van der Waals surface area contributed by atoms with E-state index >= 15 is 0 Å². The first-order valence-corrected chi connectivity index (χ1v) is 10.5. The molecule has 0 spiro atoms. The van der Waals surface area contributed by atoms with E-state index in [0.29, 0.717) is 30.8 Å². The fraction of sp³-hybridized carbons (Fsp3) is 0.318. The molecule has 0 saturated carbocycles. The van der Waals surface area contributed by atoms with E-state index in [1.165, 1.54) is 5.57 Å². The molecule has 0 amide bonds. The number of aryl methyl sites for hydroxylation is 3. The number of nitrogens with zero attached hydrogens (tertiary/aromatic N) is 2. The molecule has 0 aliphatic carbocycles. The van der Waals surface area contributed by atoms with Crippen LogP contribution in [0.3, 0.4) is 0 Å². The van der Waals surface area contributed by atoms with Gasteiger partial charge in [0.2, 0.25) is 10.0 Å². The highest BCUT2D eigenvalue weighted by molar-refractivity contribution is 7.89. The van der Waals surface area contributed by atoms with Crippen LogP contribution in [-0.4, -0.2) is 30.8 Å². The standard InChI is InChI=1S/C22H24N2O2S/c1-17-10-11-22(16-18(17)2)27(25,26)24-14-12-20(13-15-24)7-5-9-21-8-4-6-19(3)23-21/h4,6-8,10-11,16H,12-15H2,1-3H3. The molecule has 140 valence electrons. The van der Waals surface area contributed by atoms with Crippen LogP contribution >= 0.6 is 0 Å². The summed E-state index contributed by atoms with van der Waals surface area (Å²) in [6.45, 7) is 6.84. The van der Waals surface area contributed by atoms with Gasteiger partial charge in [-0.15, -0.1) is 0 Å². The molecule has 0 bridgehead atoms. The molecule has 1 aromatic heterocycles. The number of hydrogen-bond donors (Lipinski definition) is 0. The minimum absolute atomic E-state index is 0.378. The number of aromatic nitrogens is 1. The minimum atomic E-state index is -3.43. The van der Waals surface area contributed by atoms with Gasteiger partial charge in [-0.05, 0) is 81.0 Å². The van der Waals surface area contributed by atoms with E-state index < -0.39 is 10.0 Å². The van der Waals surface area contributed by atoms with E-state index in [9.17, 15) is 8.42 Å². The summed E-state index contributed by atoms with van der Waals surface area (Å²) in [6, 6.07) is 11.1. The fourth-order valence-electron chi connectivity index (χ4n) is 3.01. The van der Waals surface area contributed by atoms with Crippen molar-refractivity contribution in [2.45, 2.75) is 38.5 Å². The SMILES string of the molecule is Cc1cccc(C#CC=C2CCN(S(=O)(=O)c3ccc(C)c(C)c3)CC2)n1. The summed E-state index contributed by atoms with van der Waals surface area (Å²) in [4.78, 5) is 4.73. The van der Waals surface area contributed by atoms with Gasteiger partial charge < -0.3 is 0 Å². The van der Waals surface area contributed by atoms with Crippen LogP contribution in [0.2, 0.25) is 0 Å². The Bertz CT molecular complexity index is 1030. The second-order valence-corrected chi connectivity index (χ2v) is 8.82. The molecule has 5 heteroatoms. The Balaban J connectivity index is 1.67. The maximum absolute atomic E-state index is 12.9. The second kappa shape index (κ2) is 8.08. The molecule has 0 atom stereocenters. The van der Waals surface area contributed by atoms with Crippen molar-refractivity contribution in [1.29, 1.82) is 0 Å². The summed E-state index contributed by atoms with van der Waals surface area (Å²) in [5.41, 5.74) is 4.97. The van der Waals surface area contributed by atoms with Crippen molar-refractivity contribution in [3.05, 3.63) is 70.6 Å². The Morgan fingerprint density at radius 3 is 2.44 bits per heavy atom. The van der Waals surface area contributed by atoms with Crippen LogP contribution < -0.4 is 0 Å². The minimum Gasteiger partial charge on any atom is -0.245 e. The van der Waals surface area contributed by atoms with Gasteiger partial charge in [0, 0.05) is 18.8 Å². The summed E-state index contributed by atoms with van der Waals surface area (Å²) in [6.07, 6.45) is 3.32. The number of sulfonamides is 1. The van der Waals surface area contributed by atoms with Gasteiger partial charge in [0.1, 0.15) is 5.69 Å². The average Bonchev–Trinajstić information content (AvgIpc) is 2.64. The third-order valence-electron chi connectivity index (χ3n) is 4.85. The molecular formula is C22H24N2O2S. The molecule has 0 N–H and O–H groups in total. The van der Waals surface area contributed by atoms with Gasteiger partial charge in [0.15, 0.2) is 0 Å². The normalized spacial score (nSPS) is 15.1. The highest BCUT2D eigenvalue weighted by Gasteiger charge is 2.27. The molecule has 2 heterocycles. The van der Waals surface area contributed by atoms with E-state index in [1.54, 1.807) is 16.4 Å². The Morgan fingerprint density at radius 1 is 1.04 bits per heavy atom. The number of hydrogen-bond acceptors (Lipinski definition) is 3. The van der Waals surface area contributed by atoms with Gasteiger partial charge in [-0.1, -0.05) is 23.6 Å². The van der Waals surface area contributed by atoms with Crippen molar-refractivity contribution in [2.24, 2.45) is 0 Å². The van der Waals surface area contributed by atoms with Crippen molar-refractivity contribution in [1.82, 2.24) is 9.29 Å². The summed E-state index contributed by atoms with van der Waals surface area (Å²) >= 11 is 0. The lowest BCUT2D eigenvalue weighted by Crippen LogP contribution is -2.36. The number of piperidine rings is 1. The van der Waals surface area contributed by atoms with Crippen LogP contribution in [0.15, 0.2) is 52.9 Å². The van der Waals surface area contributed by atoms with Crippen molar-refractivity contribution >= 4 is 10.0 Å². The van der Waals surface area contributed by atoms with Gasteiger partial charge in [-0.25, -0.2) is 13.4 Å². The summed E-state index contributed by atoms with van der Waals surface area (Å²) < 4.78 is 27.3. The van der Waals surface area contributed by atoms with E-state index in [0.717, 1.165) is 22.5 Å². The summed E-state index contributed by atoms with van der Waals surface area (Å²) in [7, 11) is -3.43. The Kier molecular flexibility index (Phi) is 5.79. The Morgan fingerprint density at radius 2 is 1.78 bits per heavy atom. The molecule has 0 unspecified atom stereocenters. The van der Waals surface area contributed by atoms with Crippen LogP contribution in [0.1, 0.15) is 35.4 Å². The first-order valence-electron chi connectivity index (χ1n) is 9.07. The van der Waals surface area contributed by atoms with Gasteiger partial charge in [0.25, 0.3) is 0 Å². The predicted molar refractivity (Wildman–Crippen MR) is 108 cm³/mol. The zero-order valence-electron chi connectivity index (χ0n) is 16.0. The molecule has 2 aromatic rings. The predicted octanol–water partition coefficient (Wildman–Crippen LogP) is 3.77. The average molecular weight is 381 g/mol. The Hall–Kier alpha value is -2.42. The molecule has 1 fully saturated rings. The molecule has 27 heavy (non-hydrogen) atoms. The molecular weight excluding hydrogens is 356 g/mol. The number of benzene rings is 1. The zero-order valence-corrected chi connectivity index (χ0v) is 16.8. The monoisotopic (exact) mass is 380 g/mol. The molecule has 4 nitrogen and oxygen atoms in total. The smallest absolute Gasteiger partial charge is 0.243 e. The molecule has 3 rings (SSSR count). The highest BCUT2D eigenvalue weighted by atomic mass is 32.2. The second-order valence-electron chi connectivity index (χ2n) is 6.89. The topological polar surface area (TPSA) is 50.3 Å². The fourth-order valence-corrected chi connectivity index (χ4v) is 4.53. The Labute approximate surface area is 162 Å². The number of rotatable bonds is 2. The first kappa shape index (κ1) is 19.3. The number of allylic oxidation sites excluding steroid dienone is 1. The highest BCUT2D eigenvalue weighted by Crippen LogP contribution is 2.24. The lowest BCUT2D eigenvalue weighted by atomic mass is 10.1. The maximum Gasteiger partial charge on any atom is 0.243 e.